The summed E-state index contributed by atoms with van der Waals surface area (Å²) < 4.78 is 26.5. The fourth-order valence-electron chi connectivity index (χ4n) is 3.79. The third-order valence-corrected chi connectivity index (χ3v) is 5.19. The van der Waals surface area contributed by atoms with Gasteiger partial charge in [-0.25, -0.2) is 8.78 Å². The first-order chi connectivity index (χ1) is 11.4. The zero-order valence-corrected chi connectivity index (χ0v) is 13.7. The number of carbonyl (C=O) groups excluding carboxylic acids is 2. The van der Waals surface area contributed by atoms with Crippen molar-refractivity contribution in [2.24, 2.45) is 0 Å². The zero-order valence-electron chi connectivity index (χ0n) is 13.7. The van der Waals surface area contributed by atoms with Crippen LogP contribution in [0.1, 0.15) is 48.9 Å². The molecule has 2 bridgehead atoms. The Balaban J connectivity index is 1.54. The number of nitrogens with zero attached hydrogens (tertiary/aromatic N) is 1. The Kier molecular flexibility index (Phi) is 4.94. The van der Waals surface area contributed by atoms with E-state index in [9.17, 15) is 18.4 Å². The predicted octanol–water partition coefficient (Wildman–Crippen LogP) is 2.67. The Morgan fingerprint density at radius 3 is 2.46 bits per heavy atom. The van der Waals surface area contributed by atoms with E-state index in [-0.39, 0.29) is 30.4 Å². The topological polar surface area (TPSA) is 49.4 Å². The van der Waals surface area contributed by atoms with Crippen LogP contribution in [-0.2, 0) is 4.79 Å². The van der Waals surface area contributed by atoms with Crippen LogP contribution in [0.25, 0.3) is 0 Å². The van der Waals surface area contributed by atoms with Crippen molar-refractivity contribution in [3.63, 3.8) is 0 Å². The summed E-state index contributed by atoms with van der Waals surface area (Å²) in [5.74, 6) is -2.17. The molecular formula is C18H22F2N2O2. The Morgan fingerprint density at radius 1 is 1.17 bits per heavy atom. The van der Waals surface area contributed by atoms with Crippen molar-refractivity contribution in [1.82, 2.24) is 10.2 Å². The maximum Gasteiger partial charge on any atom is 0.223 e. The Morgan fingerprint density at radius 2 is 1.83 bits per heavy atom. The maximum atomic E-state index is 13.6. The molecule has 3 rings (SSSR count). The monoisotopic (exact) mass is 336 g/mol. The van der Waals surface area contributed by atoms with Gasteiger partial charge in [0.2, 0.25) is 5.91 Å². The SMILES string of the molecule is CN(C(=O)CCC(=O)c1ccc(F)cc1F)C1CC2CCC(C1)N2. The van der Waals surface area contributed by atoms with E-state index in [1.807, 2.05) is 0 Å². The van der Waals surface area contributed by atoms with Crippen LogP contribution in [0.3, 0.4) is 0 Å². The molecule has 1 aromatic rings. The lowest BCUT2D eigenvalue weighted by Gasteiger charge is -2.35. The first-order valence-corrected chi connectivity index (χ1v) is 8.44. The summed E-state index contributed by atoms with van der Waals surface area (Å²) in [6.45, 7) is 0. The number of halogens is 2. The standard InChI is InChI=1S/C18H22F2N2O2/c1-22(14-9-12-3-4-13(10-14)21-12)18(24)7-6-17(23)15-5-2-11(19)8-16(15)20/h2,5,8,12-14,21H,3-4,6-7,9-10H2,1H3. The smallest absolute Gasteiger partial charge is 0.223 e. The average molecular weight is 336 g/mol. The third kappa shape index (κ3) is 3.64. The van der Waals surface area contributed by atoms with E-state index in [4.69, 9.17) is 0 Å². The summed E-state index contributed by atoms with van der Waals surface area (Å²) in [5, 5.41) is 3.53. The van der Waals surface area contributed by atoms with Crippen molar-refractivity contribution < 1.29 is 18.4 Å². The molecule has 2 heterocycles. The summed E-state index contributed by atoms with van der Waals surface area (Å²) in [6, 6.07) is 4.04. The largest absolute Gasteiger partial charge is 0.343 e. The van der Waals surface area contributed by atoms with Crippen molar-refractivity contribution in [3.05, 3.63) is 35.4 Å². The minimum absolute atomic E-state index is 0.0470. The number of rotatable bonds is 5. The Bertz CT molecular complexity index is 638. The van der Waals surface area contributed by atoms with Gasteiger partial charge in [0, 0.05) is 44.1 Å². The highest BCUT2D eigenvalue weighted by atomic mass is 19.1. The first kappa shape index (κ1) is 17.0. The minimum atomic E-state index is -0.879. The number of nitrogens with one attached hydrogen (secondary N) is 1. The van der Waals surface area contributed by atoms with Gasteiger partial charge in [0.05, 0.1) is 5.56 Å². The number of ketones is 1. The van der Waals surface area contributed by atoms with Crippen LogP contribution in [-0.4, -0.2) is 41.8 Å². The van der Waals surface area contributed by atoms with Gasteiger partial charge in [-0.05, 0) is 37.8 Å². The molecule has 6 heteroatoms. The van der Waals surface area contributed by atoms with E-state index in [0.29, 0.717) is 18.2 Å². The van der Waals surface area contributed by atoms with E-state index < -0.39 is 17.4 Å². The van der Waals surface area contributed by atoms with E-state index >= 15 is 0 Å². The van der Waals surface area contributed by atoms with Crippen LogP contribution in [0.4, 0.5) is 8.78 Å². The molecule has 2 atom stereocenters. The molecule has 0 radical (unpaired) electrons. The highest BCUT2D eigenvalue weighted by molar-refractivity contribution is 5.98. The second kappa shape index (κ2) is 6.97. The van der Waals surface area contributed by atoms with Gasteiger partial charge >= 0.3 is 0 Å². The normalized spacial score (nSPS) is 25.5. The molecule has 2 fully saturated rings. The molecule has 2 aliphatic heterocycles. The van der Waals surface area contributed by atoms with Crippen LogP contribution >= 0.6 is 0 Å². The van der Waals surface area contributed by atoms with Gasteiger partial charge in [-0.3, -0.25) is 9.59 Å². The van der Waals surface area contributed by atoms with Crippen LogP contribution in [0.2, 0.25) is 0 Å². The lowest BCUT2D eigenvalue weighted by atomic mass is 9.98. The van der Waals surface area contributed by atoms with Gasteiger partial charge in [0.25, 0.3) is 0 Å². The predicted molar refractivity (Wildman–Crippen MR) is 85.7 cm³/mol. The van der Waals surface area contributed by atoms with E-state index in [2.05, 4.69) is 5.32 Å². The van der Waals surface area contributed by atoms with Crippen LogP contribution in [0, 0.1) is 11.6 Å². The summed E-state index contributed by atoms with van der Waals surface area (Å²) in [7, 11) is 1.78. The van der Waals surface area contributed by atoms with Crippen molar-refractivity contribution in [1.29, 1.82) is 0 Å². The van der Waals surface area contributed by atoms with Crippen LogP contribution in [0.5, 0.6) is 0 Å². The number of hydrogen-bond donors (Lipinski definition) is 1. The molecule has 1 N–H and O–H groups in total. The number of piperidine rings is 1. The molecule has 2 aliphatic rings. The molecule has 2 saturated heterocycles. The second-order valence-electron chi connectivity index (χ2n) is 6.82. The number of fused-ring (bicyclic) bond motifs is 2. The quantitative estimate of drug-likeness (QED) is 0.841. The molecule has 2 unspecified atom stereocenters. The fraction of sp³-hybridized carbons (Fsp3) is 0.556. The fourth-order valence-corrected chi connectivity index (χ4v) is 3.79. The number of benzene rings is 1. The van der Waals surface area contributed by atoms with Crippen molar-refractivity contribution in [3.8, 4) is 0 Å². The molecule has 0 aromatic heterocycles. The Hall–Kier alpha value is -1.82. The lowest BCUT2D eigenvalue weighted by molar-refractivity contribution is -0.132. The first-order valence-electron chi connectivity index (χ1n) is 8.44. The number of amides is 1. The molecule has 1 aromatic carbocycles. The van der Waals surface area contributed by atoms with Crippen molar-refractivity contribution in [2.75, 3.05) is 7.05 Å². The molecule has 24 heavy (non-hydrogen) atoms. The molecule has 4 nitrogen and oxygen atoms in total. The van der Waals surface area contributed by atoms with Crippen molar-refractivity contribution >= 4 is 11.7 Å². The summed E-state index contributed by atoms with van der Waals surface area (Å²) in [5.41, 5.74) is -0.160. The lowest BCUT2D eigenvalue weighted by Crippen LogP contribution is -2.48. The third-order valence-electron chi connectivity index (χ3n) is 5.19. The summed E-state index contributed by atoms with van der Waals surface area (Å²) in [6.07, 6.45) is 4.19. The van der Waals surface area contributed by atoms with Crippen LogP contribution in [0.15, 0.2) is 18.2 Å². The molecule has 0 saturated carbocycles. The summed E-state index contributed by atoms with van der Waals surface area (Å²) in [4.78, 5) is 26.1. The van der Waals surface area contributed by atoms with Gasteiger partial charge in [0.1, 0.15) is 11.6 Å². The van der Waals surface area contributed by atoms with Gasteiger partial charge in [-0.15, -0.1) is 0 Å². The minimum Gasteiger partial charge on any atom is -0.343 e. The zero-order chi connectivity index (χ0) is 17.3. The van der Waals surface area contributed by atoms with E-state index in [0.717, 1.165) is 37.8 Å². The highest BCUT2D eigenvalue weighted by Crippen LogP contribution is 2.29. The number of carbonyl (C=O) groups is 2. The maximum absolute atomic E-state index is 13.6. The van der Waals surface area contributed by atoms with Gasteiger partial charge in [-0.2, -0.15) is 0 Å². The average Bonchev–Trinajstić information content (AvgIpc) is 2.89. The second-order valence-corrected chi connectivity index (χ2v) is 6.82. The molecule has 0 spiro atoms. The molecule has 0 aliphatic carbocycles. The van der Waals surface area contributed by atoms with E-state index in [1.165, 1.54) is 0 Å². The molecule has 1 amide bonds. The van der Waals surface area contributed by atoms with Crippen LogP contribution < -0.4 is 5.32 Å². The van der Waals surface area contributed by atoms with E-state index in [1.54, 1.807) is 11.9 Å². The van der Waals surface area contributed by atoms with Crippen molar-refractivity contribution in [2.45, 2.75) is 56.7 Å². The molecular weight excluding hydrogens is 314 g/mol. The Labute approximate surface area is 140 Å². The highest BCUT2D eigenvalue weighted by Gasteiger charge is 2.36. The number of Topliss-reactive ketones (excluding diaryl/α,β-unsaturated/α-hetero) is 1. The summed E-state index contributed by atoms with van der Waals surface area (Å²) >= 11 is 0. The van der Waals surface area contributed by atoms with Gasteiger partial charge in [-0.1, -0.05) is 0 Å². The molecule has 130 valence electrons. The van der Waals surface area contributed by atoms with Gasteiger partial charge < -0.3 is 10.2 Å². The van der Waals surface area contributed by atoms with Gasteiger partial charge in [0.15, 0.2) is 5.78 Å². The number of hydrogen-bond acceptors (Lipinski definition) is 3.